The van der Waals surface area contributed by atoms with Crippen LogP contribution in [-0.2, 0) is 4.79 Å². The molecule has 0 saturated heterocycles. The lowest BCUT2D eigenvalue weighted by atomic mass is 10.2. The van der Waals surface area contributed by atoms with Crippen molar-refractivity contribution in [1.29, 1.82) is 0 Å². The number of benzene rings is 2. The molecule has 120 valence electrons. The number of anilines is 1. The molecule has 2 aromatic carbocycles. The van der Waals surface area contributed by atoms with Crippen molar-refractivity contribution in [1.82, 2.24) is 0 Å². The molecule has 0 bridgehead atoms. The van der Waals surface area contributed by atoms with Crippen LogP contribution in [0.5, 0.6) is 0 Å². The van der Waals surface area contributed by atoms with Crippen LogP contribution in [0.4, 0.5) is 5.69 Å². The summed E-state index contributed by atoms with van der Waals surface area (Å²) in [5.74, 6) is 0.637. The first-order valence-electron chi connectivity index (χ1n) is 7.16. The van der Waals surface area contributed by atoms with E-state index in [1.165, 1.54) is 0 Å². The van der Waals surface area contributed by atoms with E-state index in [1.54, 1.807) is 30.0 Å². The van der Waals surface area contributed by atoms with Gasteiger partial charge < -0.3 is 5.32 Å². The summed E-state index contributed by atoms with van der Waals surface area (Å²) < 4.78 is 0. The maximum Gasteiger partial charge on any atom is 0.237 e. The zero-order valence-corrected chi connectivity index (χ0v) is 15.0. The van der Waals surface area contributed by atoms with Gasteiger partial charge in [0.1, 0.15) is 0 Å². The van der Waals surface area contributed by atoms with E-state index in [2.05, 4.69) is 5.32 Å². The van der Waals surface area contributed by atoms with Gasteiger partial charge in [-0.2, -0.15) is 0 Å². The second-order valence-electron chi connectivity index (χ2n) is 4.87. The molecule has 0 saturated carbocycles. The molecule has 0 aliphatic rings. The van der Waals surface area contributed by atoms with Crippen LogP contribution >= 0.6 is 35.0 Å². The van der Waals surface area contributed by atoms with Gasteiger partial charge in [-0.05, 0) is 24.6 Å². The van der Waals surface area contributed by atoms with E-state index in [1.807, 2.05) is 49.4 Å². The minimum Gasteiger partial charge on any atom is -0.323 e. The van der Waals surface area contributed by atoms with Crippen molar-refractivity contribution in [2.24, 2.45) is 0 Å². The van der Waals surface area contributed by atoms with Crippen molar-refractivity contribution in [3.63, 3.8) is 0 Å². The number of hydrogen-bond donors (Lipinski definition) is 1. The van der Waals surface area contributed by atoms with Gasteiger partial charge in [0, 0.05) is 5.75 Å². The summed E-state index contributed by atoms with van der Waals surface area (Å²) in [5, 5.41) is 3.46. The Morgan fingerprint density at radius 3 is 2.43 bits per heavy atom. The second kappa shape index (κ2) is 9.02. The average molecular weight is 366 g/mol. The van der Waals surface area contributed by atoms with Crippen LogP contribution < -0.4 is 5.32 Å². The normalized spacial score (nSPS) is 12.3. The molecular formula is C18H17Cl2NOS. The molecule has 23 heavy (non-hydrogen) atoms. The van der Waals surface area contributed by atoms with Gasteiger partial charge in [-0.1, -0.05) is 71.8 Å². The largest absolute Gasteiger partial charge is 0.323 e. The summed E-state index contributed by atoms with van der Waals surface area (Å²) in [5.41, 5.74) is 1.61. The number of hydrogen-bond acceptors (Lipinski definition) is 2. The molecule has 1 atom stereocenters. The predicted octanol–water partition coefficient (Wildman–Crippen LogP) is 5.77. The highest BCUT2D eigenvalue weighted by atomic mass is 35.5. The van der Waals surface area contributed by atoms with Gasteiger partial charge in [0.25, 0.3) is 0 Å². The fraction of sp³-hybridized carbons (Fsp3) is 0.167. The van der Waals surface area contributed by atoms with Gasteiger partial charge in [0.05, 0.1) is 21.0 Å². The Kier molecular flexibility index (Phi) is 7.03. The lowest BCUT2D eigenvalue weighted by molar-refractivity contribution is -0.115. The van der Waals surface area contributed by atoms with E-state index < -0.39 is 0 Å². The molecule has 5 heteroatoms. The molecule has 0 aliphatic carbocycles. The van der Waals surface area contributed by atoms with Gasteiger partial charge in [-0.15, -0.1) is 11.8 Å². The molecule has 0 aliphatic heterocycles. The quantitative estimate of drug-likeness (QED) is 0.703. The van der Waals surface area contributed by atoms with Crippen LogP contribution in [0.15, 0.2) is 54.6 Å². The first-order valence-corrected chi connectivity index (χ1v) is 8.96. The molecule has 0 fully saturated rings. The van der Waals surface area contributed by atoms with Crippen molar-refractivity contribution in [2.75, 3.05) is 11.1 Å². The van der Waals surface area contributed by atoms with Crippen LogP contribution in [0.3, 0.4) is 0 Å². The Balaban J connectivity index is 1.85. The SMILES string of the molecule is CC(SC/C=C/c1ccccc1)C(=O)Nc1c(Cl)cccc1Cl. The highest BCUT2D eigenvalue weighted by Gasteiger charge is 2.15. The second-order valence-corrected chi connectivity index (χ2v) is 7.06. The molecule has 0 radical (unpaired) electrons. The lowest BCUT2D eigenvalue weighted by Gasteiger charge is -2.13. The average Bonchev–Trinajstić information content (AvgIpc) is 2.55. The predicted molar refractivity (Wildman–Crippen MR) is 102 cm³/mol. The molecule has 1 N–H and O–H groups in total. The standard InChI is InChI=1S/C18H17Cl2NOS/c1-13(23-12-6-9-14-7-3-2-4-8-14)18(22)21-17-15(19)10-5-11-16(17)20/h2-11,13H,12H2,1H3,(H,21,22)/b9-6+. The smallest absolute Gasteiger partial charge is 0.237 e. The van der Waals surface area contributed by atoms with Crippen LogP contribution in [0.1, 0.15) is 12.5 Å². The molecule has 0 spiro atoms. The number of rotatable bonds is 6. The maximum atomic E-state index is 12.2. The van der Waals surface area contributed by atoms with Gasteiger partial charge in [-0.25, -0.2) is 0 Å². The van der Waals surface area contributed by atoms with Crippen molar-refractivity contribution in [3.05, 3.63) is 70.2 Å². The van der Waals surface area contributed by atoms with E-state index in [9.17, 15) is 4.79 Å². The minimum absolute atomic E-state index is 0.113. The summed E-state index contributed by atoms with van der Waals surface area (Å²) in [7, 11) is 0. The van der Waals surface area contributed by atoms with E-state index in [0.29, 0.717) is 15.7 Å². The Hall–Kier alpha value is -1.42. The third-order valence-electron chi connectivity index (χ3n) is 3.13. The Labute approximate surface area is 150 Å². The third kappa shape index (κ3) is 5.61. The Bertz CT molecular complexity index is 668. The maximum absolute atomic E-state index is 12.2. The molecule has 1 amide bonds. The van der Waals surface area contributed by atoms with E-state index in [-0.39, 0.29) is 11.2 Å². The Morgan fingerprint density at radius 1 is 1.13 bits per heavy atom. The lowest BCUT2D eigenvalue weighted by Crippen LogP contribution is -2.23. The molecule has 0 heterocycles. The number of nitrogens with one attached hydrogen (secondary N) is 1. The van der Waals surface area contributed by atoms with Crippen LogP contribution in [0.2, 0.25) is 10.0 Å². The molecular weight excluding hydrogens is 349 g/mol. The highest BCUT2D eigenvalue weighted by Crippen LogP contribution is 2.30. The Morgan fingerprint density at radius 2 is 1.78 bits per heavy atom. The summed E-state index contributed by atoms with van der Waals surface area (Å²) in [6.07, 6.45) is 4.09. The van der Waals surface area contributed by atoms with Gasteiger partial charge >= 0.3 is 0 Å². The van der Waals surface area contributed by atoms with Crippen LogP contribution in [0, 0.1) is 0 Å². The fourth-order valence-electron chi connectivity index (χ4n) is 1.87. The number of thioether (sulfide) groups is 1. The molecule has 0 aromatic heterocycles. The monoisotopic (exact) mass is 365 g/mol. The number of para-hydroxylation sites is 1. The first kappa shape index (κ1) is 17.9. The van der Waals surface area contributed by atoms with Crippen LogP contribution in [0.25, 0.3) is 6.08 Å². The van der Waals surface area contributed by atoms with Crippen molar-refractivity contribution >= 4 is 52.6 Å². The van der Waals surface area contributed by atoms with Gasteiger partial charge in [0.2, 0.25) is 5.91 Å². The zero-order chi connectivity index (χ0) is 16.7. The van der Waals surface area contributed by atoms with Crippen molar-refractivity contribution in [2.45, 2.75) is 12.2 Å². The molecule has 2 rings (SSSR count). The van der Waals surface area contributed by atoms with Gasteiger partial charge in [-0.3, -0.25) is 4.79 Å². The molecule has 2 aromatic rings. The number of carbonyl (C=O) groups excluding carboxylic acids is 1. The number of carbonyl (C=O) groups is 1. The highest BCUT2D eigenvalue weighted by molar-refractivity contribution is 8.00. The van der Waals surface area contributed by atoms with Crippen molar-refractivity contribution in [3.8, 4) is 0 Å². The number of halogens is 2. The van der Waals surface area contributed by atoms with E-state index in [4.69, 9.17) is 23.2 Å². The van der Waals surface area contributed by atoms with Crippen LogP contribution in [-0.4, -0.2) is 16.9 Å². The van der Waals surface area contributed by atoms with E-state index in [0.717, 1.165) is 11.3 Å². The minimum atomic E-state index is -0.206. The summed E-state index contributed by atoms with van der Waals surface area (Å²) in [6.45, 7) is 1.86. The first-order chi connectivity index (χ1) is 11.1. The molecule has 1 unspecified atom stereocenters. The fourth-order valence-corrected chi connectivity index (χ4v) is 3.06. The van der Waals surface area contributed by atoms with Crippen molar-refractivity contribution < 1.29 is 4.79 Å². The number of amides is 1. The summed E-state index contributed by atoms with van der Waals surface area (Å²) in [6, 6.07) is 15.2. The van der Waals surface area contributed by atoms with E-state index >= 15 is 0 Å². The summed E-state index contributed by atoms with van der Waals surface area (Å²) in [4.78, 5) is 12.2. The summed E-state index contributed by atoms with van der Waals surface area (Å²) >= 11 is 13.7. The zero-order valence-electron chi connectivity index (χ0n) is 12.6. The third-order valence-corrected chi connectivity index (χ3v) is 4.86. The molecule has 2 nitrogen and oxygen atoms in total. The topological polar surface area (TPSA) is 29.1 Å². The van der Waals surface area contributed by atoms with Gasteiger partial charge in [0.15, 0.2) is 0 Å².